The fourth-order valence-electron chi connectivity index (χ4n) is 1.56. The van der Waals surface area contributed by atoms with Gasteiger partial charge in [0.15, 0.2) is 0 Å². The highest BCUT2D eigenvalue weighted by atomic mass is 16.5. The maximum absolute atomic E-state index is 12.3. The van der Waals surface area contributed by atoms with Gasteiger partial charge in [-0.15, -0.1) is 5.10 Å². The Balaban J connectivity index is 2.37. The number of carbonyl (C=O) groups excluding carboxylic acids is 1. The van der Waals surface area contributed by atoms with Crippen molar-refractivity contribution in [2.45, 2.75) is 26.4 Å². The molecule has 6 heteroatoms. The van der Waals surface area contributed by atoms with E-state index in [4.69, 9.17) is 10.5 Å². The number of anilines is 1. The maximum atomic E-state index is 12.3. The molecule has 2 rings (SSSR count). The number of rotatable bonds is 2. The van der Waals surface area contributed by atoms with Gasteiger partial charge in [0.1, 0.15) is 17.7 Å². The summed E-state index contributed by atoms with van der Waals surface area (Å²) >= 11 is 0. The lowest BCUT2D eigenvalue weighted by Crippen LogP contribution is -2.25. The van der Waals surface area contributed by atoms with E-state index in [0.717, 1.165) is 4.68 Å². The number of aromatic nitrogens is 3. The SMILES string of the molecule is CC(C)(C)Oc1ccccc1C(=O)n1cnc(N)n1. The number of hydrogen-bond acceptors (Lipinski definition) is 5. The largest absolute Gasteiger partial charge is 0.487 e. The predicted molar refractivity (Wildman–Crippen MR) is 71.0 cm³/mol. The van der Waals surface area contributed by atoms with Crippen molar-refractivity contribution in [3.05, 3.63) is 36.2 Å². The van der Waals surface area contributed by atoms with Crippen LogP contribution in [0.15, 0.2) is 30.6 Å². The summed E-state index contributed by atoms with van der Waals surface area (Å²) in [4.78, 5) is 16.0. The minimum atomic E-state index is -0.391. The van der Waals surface area contributed by atoms with Gasteiger partial charge in [-0.05, 0) is 32.9 Å². The number of nitrogen functional groups attached to an aromatic ring is 1. The Bertz CT molecular complexity index is 599. The minimum absolute atomic E-state index is 0.0579. The summed E-state index contributed by atoms with van der Waals surface area (Å²) in [5.74, 6) is 0.237. The summed E-state index contributed by atoms with van der Waals surface area (Å²) in [5, 5.41) is 3.80. The summed E-state index contributed by atoms with van der Waals surface area (Å²) < 4.78 is 6.87. The van der Waals surface area contributed by atoms with E-state index in [1.165, 1.54) is 6.33 Å². The molecule has 19 heavy (non-hydrogen) atoms. The van der Waals surface area contributed by atoms with Crippen molar-refractivity contribution in [2.24, 2.45) is 0 Å². The number of benzene rings is 1. The third-order valence-corrected chi connectivity index (χ3v) is 2.25. The molecule has 0 amide bonds. The van der Waals surface area contributed by atoms with Crippen molar-refractivity contribution in [1.29, 1.82) is 0 Å². The second kappa shape index (κ2) is 4.72. The summed E-state index contributed by atoms with van der Waals surface area (Å²) in [6.45, 7) is 5.76. The van der Waals surface area contributed by atoms with Gasteiger partial charge in [0, 0.05) is 0 Å². The quantitative estimate of drug-likeness (QED) is 0.889. The van der Waals surface area contributed by atoms with Gasteiger partial charge in [0.2, 0.25) is 5.95 Å². The van der Waals surface area contributed by atoms with Gasteiger partial charge < -0.3 is 10.5 Å². The van der Waals surface area contributed by atoms with Crippen LogP contribution in [-0.4, -0.2) is 26.3 Å². The zero-order valence-corrected chi connectivity index (χ0v) is 11.1. The van der Waals surface area contributed by atoms with E-state index in [0.29, 0.717) is 11.3 Å². The number of hydrogen-bond donors (Lipinski definition) is 1. The lowest BCUT2D eigenvalue weighted by atomic mass is 10.1. The monoisotopic (exact) mass is 260 g/mol. The fraction of sp³-hybridized carbons (Fsp3) is 0.308. The Hall–Kier alpha value is -2.37. The molecule has 0 saturated carbocycles. The Morgan fingerprint density at radius 3 is 2.58 bits per heavy atom. The average molecular weight is 260 g/mol. The summed E-state index contributed by atoms with van der Waals surface area (Å²) in [7, 11) is 0. The van der Waals surface area contributed by atoms with Gasteiger partial charge in [-0.1, -0.05) is 12.1 Å². The predicted octanol–water partition coefficient (Wildman–Crippen LogP) is 1.73. The van der Waals surface area contributed by atoms with Crippen LogP contribution in [0.5, 0.6) is 5.75 Å². The van der Waals surface area contributed by atoms with Gasteiger partial charge >= 0.3 is 0 Å². The lowest BCUT2D eigenvalue weighted by molar-refractivity contribution is 0.0924. The van der Waals surface area contributed by atoms with Crippen LogP contribution in [0, 0.1) is 0 Å². The van der Waals surface area contributed by atoms with E-state index in [2.05, 4.69) is 10.1 Å². The molecule has 2 aromatic rings. The lowest BCUT2D eigenvalue weighted by Gasteiger charge is -2.22. The molecule has 1 aromatic heterocycles. The zero-order chi connectivity index (χ0) is 14.0. The smallest absolute Gasteiger partial charge is 0.283 e. The molecule has 0 unspecified atom stereocenters. The van der Waals surface area contributed by atoms with Gasteiger partial charge in [0.05, 0.1) is 5.56 Å². The molecule has 1 aromatic carbocycles. The Labute approximate surface area is 111 Å². The second-order valence-corrected chi connectivity index (χ2v) is 5.06. The van der Waals surface area contributed by atoms with Crippen LogP contribution in [0.1, 0.15) is 31.1 Å². The van der Waals surface area contributed by atoms with Gasteiger partial charge in [-0.3, -0.25) is 4.79 Å². The highest BCUT2D eigenvalue weighted by Gasteiger charge is 2.19. The summed E-state index contributed by atoms with van der Waals surface area (Å²) in [6.07, 6.45) is 1.28. The molecular weight excluding hydrogens is 244 g/mol. The normalized spacial score (nSPS) is 11.3. The molecular formula is C13H16N4O2. The van der Waals surface area contributed by atoms with Crippen molar-refractivity contribution in [1.82, 2.24) is 14.8 Å². The minimum Gasteiger partial charge on any atom is -0.487 e. The van der Waals surface area contributed by atoms with E-state index in [1.807, 2.05) is 26.8 Å². The molecule has 0 saturated heterocycles. The maximum Gasteiger partial charge on any atom is 0.283 e. The number of carbonyl (C=O) groups is 1. The van der Waals surface area contributed by atoms with Crippen molar-refractivity contribution >= 4 is 11.9 Å². The first-order valence-electron chi connectivity index (χ1n) is 5.87. The first-order chi connectivity index (χ1) is 8.87. The van der Waals surface area contributed by atoms with Crippen molar-refractivity contribution in [3.8, 4) is 5.75 Å². The van der Waals surface area contributed by atoms with Crippen molar-refractivity contribution in [2.75, 3.05) is 5.73 Å². The molecule has 0 aliphatic heterocycles. The molecule has 0 spiro atoms. The van der Waals surface area contributed by atoms with Crippen LogP contribution in [0.25, 0.3) is 0 Å². The summed E-state index contributed by atoms with van der Waals surface area (Å²) in [6, 6.07) is 7.01. The Kier molecular flexibility index (Phi) is 3.25. The fourth-order valence-corrected chi connectivity index (χ4v) is 1.56. The number of nitrogens with two attached hydrogens (primary N) is 1. The zero-order valence-electron chi connectivity index (χ0n) is 11.1. The van der Waals surface area contributed by atoms with Crippen LogP contribution >= 0.6 is 0 Å². The molecule has 100 valence electrons. The standard InChI is InChI=1S/C13H16N4O2/c1-13(2,3)19-10-7-5-4-6-9(10)11(18)17-8-15-12(14)16-17/h4-8H,1-3H3,(H2,14,16). The number of nitrogens with zero attached hydrogens (tertiary/aromatic N) is 3. The van der Waals surface area contributed by atoms with Gasteiger partial charge in [0.25, 0.3) is 5.91 Å². The third-order valence-electron chi connectivity index (χ3n) is 2.25. The Morgan fingerprint density at radius 1 is 1.32 bits per heavy atom. The highest BCUT2D eigenvalue weighted by molar-refractivity contribution is 5.97. The van der Waals surface area contributed by atoms with E-state index < -0.39 is 5.60 Å². The second-order valence-electron chi connectivity index (χ2n) is 5.06. The first kappa shape index (κ1) is 13.1. The molecule has 0 bridgehead atoms. The topological polar surface area (TPSA) is 83.0 Å². The first-order valence-corrected chi connectivity index (χ1v) is 5.87. The summed E-state index contributed by atoms with van der Waals surface area (Å²) in [5.41, 5.74) is 5.44. The molecule has 0 aliphatic carbocycles. The number of para-hydroxylation sites is 1. The average Bonchev–Trinajstić information content (AvgIpc) is 2.74. The van der Waals surface area contributed by atoms with Crippen LogP contribution in [0.3, 0.4) is 0 Å². The number of ether oxygens (including phenoxy) is 1. The van der Waals surface area contributed by atoms with Crippen LogP contribution < -0.4 is 10.5 Å². The van der Waals surface area contributed by atoms with E-state index in [1.54, 1.807) is 18.2 Å². The van der Waals surface area contributed by atoms with E-state index in [-0.39, 0.29) is 11.9 Å². The highest BCUT2D eigenvalue weighted by Crippen LogP contribution is 2.23. The van der Waals surface area contributed by atoms with Crippen molar-refractivity contribution in [3.63, 3.8) is 0 Å². The molecule has 0 radical (unpaired) electrons. The third kappa shape index (κ3) is 3.09. The Morgan fingerprint density at radius 2 is 2.00 bits per heavy atom. The van der Waals surface area contributed by atoms with Crippen molar-refractivity contribution < 1.29 is 9.53 Å². The molecule has 0 atom stereocenters. The van der Waals surface area contributed by atoms with E-state index >= 15 is 0 Å². The van der Waals surface area contributed by atoms with Gasteiger partial charge in [-0.2, -0.15) is 4.68 Å². The van der Waals surface area contributed by atoms with Gasteiger partial charge in [-0.25, -0.2) is 4.98 Å². The van der Waals surface area contributed by atoms with Crippen LogP contribution in [0.2, 0.25) is 0 Å². The molecule has 0 fully saturated rings. The van der Waals surface area contributed by atoms with Crippen LogP contribution in [0.4, 0.5) is 5.95 Å². The molecule has 2 N–H and O–H groups in total. The van der Waals surface area contributed by atoms with E-state index in [9.17, 15) is 4.79 Å². The van der Waals surface area contributed by atoms with Crippen LogP contribution in [-0.2, 0) is 0 Å². The molecule has 6 nitrogen and oxygen atoms in total. The molecule has 0 aliphatic rings. The molecule has 1 heterocycles.